The smallest absolute Gasteiger partial charge is 0.0637 e. The molecule has 3 nitrogen and oxygen atoms in total. The SMILES string of the molecule is CC(C)C1CC(O)C2C1(C)CCC1C2(C)CC=C2C3(C)CCC(O)C(C)(C)C3CC(O)C21C. The third kappa shape index (κ3) is 2.80. The molecule has 0 saturated heterocycles. The van der Waals surface area contributed by atoms with Crippen LogP contribution in [0.4, 0.5) is 0 Å². The molecule has 5 aliphatic carbocycles. The van der Waals surface area contributed by atoms with Crippen molar-refractivity contribution in [2.24, 2.45) is 56.7 Å². The summed E-state index contributed by atoms with van der Waals surface area (Å²) in [6.45, 7) is 18.9. The molecule has 11 atom stereocenters. The zero-order valence-corrected chi connectivity index (χ0v) is 22.5. The van der Waals surface area contributed by atoms with E-state index in [1.807, 2.05) is 0 Å². The summed E-state index contributed by atoms with van der Waals surface area (Å²) in [5, 5.41) is 34.3. The van der Waals surface area contributed by atoms with E-state index in [1.54, 1.807) is 0 Å². The monoisotopic (exact) mass is 458 g/mol. The molecule has 5 rings (SSSR count). The number of rotatable bonds is 1. The summed E-state index contributed by atoms with van der Waals surface area (Å²) in [5.74, 6) is 2.16. The van der Waals surface area contributed by atoms with Crippen LogP contribution >= 0.6 is 0 Å². The Hall–Kier alpha value is -0.380. The van der Waals surface area contributed by atoms with Gasteiger partial charge in [0, 0.05) is 5.41 Å². The number of fused-ring (bicyclic) bond motifs is 7. The fraction of sp³-hybridized carbons (Fsp3) is 0.933. The lowest BCUT2D eigenvalue weighted by Gasteiger charge is -2.69. The largest absolute Gasteiger partial charge is 0.393 e. The molecule has 33 heavy (non-hydrogen) atoms. The van der Waals surface area contributed by atoms with Crippen LogP contribution in [-0.4, -0.2) is 33.6 Å². The molecule has 0 aromatic carbocycles. The first-order valence-electron chi connectivity index (χ1n) is 13.9. The van der Waals surface area contributed by atoms with E-state index >= 15 is 0 Å². The molecule has 4 fully saturated rings. The standard InChI is InChI=1S/C30H50O3/c1-17(2)18-15-19(31)25-27(18,5)12-9-21-29(25,7)13-10-20-28(6)14-11-23(32)26(3,4)22(28)16-24(33)30(20,21)8/h10,17-19,21-25,31-33H,9,11-16H2,1-8H3. The minimum atomic E-state index is -0.389. The quantitative estimate of drug-likeness (QED) is 0.425. The molecular weight excluding hydrogens is 408 g/mol. The van der Waals surface area contributed by atoms with Gasteiger partial charge in [0.25, 0.3) is 0 Å². The van der Waals surface area contributed by atoms with E-state index in [9.17, 15) is 15.3 Å². The molecule has 3 heteroatoms. The van der Waals surface area contributed by atoms with Gasteiger partial charge < -0.3 is 15.3 Å². The minimum absolute atomic E-state index is 0.0161. The number of hydrogen-bond donors (Lipinski definition) is 3. The maximum atomic E-state index is 11.9. The maximum Gasteiger partial charge on any atom is 0.0637 e. The van der Waals surface area contributed by atoms with Gasteiger partial charge in [0.05, 0.1) is 18.3 Å². The van der Waals surface area contributed by atoms with Crippen LogP contribution in [0.5, 0.6) is 0 Å². The van der Waals surface area contributed by atoms with Crippen LogP contribution in [0.2, 0.25) is 0 Å². The summed E-state index contributed by atoms with van der Waals surface area (Å²) in [4.78, 5) is 0. The van der Waals surface area contributed by atoms with Crippen LogP contribution in [0.15, 0.2) is 11.6 Å². The normalized spacial score (nSPS) is 57.6. The van der Waals surface area contributed by atoms with Crippen LogP contribution in [0.25, 0.3) is 0 Å². The molecule has 0 aromatic heterocycles. The fourth-order valence-electron chi connectivity index (χ4n) is 11.5. The highest BCUT2D eigenvalue weighted by molar-refractivity contribution is 5.37. The number of allylic oxidation sites excluding steroid dienone is 1. The first-order valence-corrected chi connectivity index (χ1v) is 13.9. The summed E-state index contributed by atoms with van der Waals surface area (Å²) in [5.41, 5.74) is 1.29. The average Bonchev–Trinajstić information content (AvgIpc) is 2.99. The topological polar surface area (TPSA) is 60.7 Å². The molecule has 0 radical (unpaired) electrons. The molecular formula is C30H50O3. The van der Waals surface area contributed by atoms with Crippen molar-refractivity contribution < 1.29 is 15.3 Å². The van der Waals surface area contributed by atoms with Crippen LogP contribution in [0, 0.1) is 56.7 Å². The van der Waals surface area contributed by atoms with Crippen molar-refractivity contribution in [2.45, 2.75) is 119 Å². The Labute approximate surface area is 202 Å². The van der Waals surface area contributed by atoms with Gasteiger partial charge in [-0.15, -0.1) is 0 Å². The molecule has 11 unspecified atom stereocenters. The predicted molar refractivity (Wildman–Crippen MR) is 133 cm³/mol. The van der Waals surface area contributed by atoms with Gasteiger partial charge in [0.2, 0.25) is 0 Å². The van der Waals surface area contributed by atoms with Crippen LogP contribution in [-0.2, 0) is 0 Å². The first kappa shape index (κ1) is 24.3. The van der Waals surface area contributed by atoms with E-state index in [4.69, 9.17) is 0 Å². The van der Waals surface area contributed by atoms with E-state index < -0.39 is 0 Å². The lowest BCUT2D eigenvalue weighted by Crippen LogP contribution is -2.66. The molecule has 0 spiro atoms. The van der Waals surface area contributed by atoms with E-state index in [2.05, 4.69) is 61.5 Å². The predicted octanol–water partition coefficient (Wildman–Crippen LogP) is 5.97. The fourth-order valence-corrected chi connectivity index (χ4v) is 11.5. The van der Waals surface area contributed by atoms with E-state index in [0.29, 0.717) is 29.6 Å². The molecule has 0 aromatic rings. The Kier molecular flexibility index (Phi) is 5.23. The van der Waals surface area contributed by atoms with E-state index in [-0.39, 0.29) is 45.4 Å². The van der Waals surface area contributed by atoms with Crippen molar-refractivity contribution in [3.05, 3.63) is 11.6 Å². The zero-order chi connectivity index (χ0) is 24.4. The Morgan fingerprint density at radius 3 is 2.12 bits per heavy atom. The summed E-state index contributed by atoms with van der Waals surface area (Å²) >= 11 is 0. The average molecular weight is 459 g/mol. The van der Waals surface area contributed by atoms with Crippen molar-refractivity contribution in [3.63, 3.8) is 0 Å². The third-order valence-electron chi connectivity index (χ3n) is 13.0. The van der Waals surface area contributed by atoms with Gasteiger partial charge in [-0.05, 0) is 96.2 Å². The Morgan fingerprint density at radius 1 is 0.818 bits per heavy atom. The first-order chi connectivity index (χ1) is 15.1. The Balaban J connectivity index is 1.61. The minimum Gasteiger partial charge on any atom is -0.393 e. The van der Waals surface area contributed by atoms with Gasteiger partial charge in [-0.2, -0.15) is 0 Å². The summed E-state index contributed by atoms with van der Waals surface area (Å²) in [6, 6.07) is 0. The molecule has 3 N–H and O–H groups in total. The molecule has 0 heterocycles. The molecule has 0 bridgehead atoms. The van der Waals surface area contributed by atoms with Crippen molar-refractivity contribution in [1.82, 2.24) is 0 Å². The summed E-state index contributed by atoms with van der Waals surface area (Å²) < 4.78 is 0. The zero-order valence-electron chi connectivity index (χ0n) is 22.5. The summed E-state index contributed by atoms with van der Waals surface area (Å²) in [6.07, 6.45) is 8.52. The maximum absolute atomic E-state index is 11.9. The van der Waals surface area contributed by atoms with Crippen molar-refractivity contribution >= 4 is 0 Å². The van der Waals surface area contributed by atoms with Gasteiger partial charge in [-0.25, -0.2) is 0 Å². The molecule has 188 valence electrons. The van der Waals surface area contributed by atoms with Crippen molar-refractivity contribution in [3.8, 4) is 0 Å². The molecule has 0 aliphatic heterocycles. The number of hydrogen-bond acceptors (Lipinski definition) is 3. The lowest BCUT2D eigenvalue weighted by atomic mass is 9.35. The second kappa shape index (κ2) is 7.10. The highest BCUT2D eigenvalue weighted by atomic mass is 16.3. The van der Waals surface area contributed by atoms with Crippen LogP contribution < -0.4 is 0 Å². The number of aliphatic hydroxyl groups is 3. The van der Waals surface area contributed by atoms with Gasteiger partial charge in [0.15, 0.2) is 0 Å². The van der Waals surface area contributed by atoms with Crippen LogP contribution in [0.3, 0.4) is 0 Å². The van der Waals surface area contributed by atoms with Gasteiger partial charge >= 0.3 is 0 Å². The third-order valence-corrected chi connectivity index (χ3v) is 13.0. The molecule has 0 amide bonds. The highest BCUT2D eigenvalue weighted by Crippen LogP contribution is 2.75. The second-order valence-electron chi connectivity index (χ2n) is 14.9. The van der Waals surface area contributed by atoms with Crippen LogP contribution in [0.1, 0.15) is 100 Å². The Morgan fingerprint density at radius 2 is 1.48 bits per heavy atom. The van der Waals surface area contributed by atoms with E-state index in [0.717, 1.165) is 44.9 Å². The lowest BCUT2D eigenvalue weighted by molar-refractivity contribution is -0.195. The van der Waals surface area contributed by atoms with Gasteiger partial charge in [-0.1, -0.05) is 67.0 Å². The van der Waals surface area contributed by atoms with Gasteiger partial charge in [0.1, 0.15) is 0 Å². The summed E-state index contributed by atoms with van der Waals surface area (Å²) in [7, 11) is 0. The number of aliphatic hydroxyl groups excluding tert-OH is 3. The van der Waals surface area contributed by atoms with E-state index in [1.165, 1.54) is 5.57 Å². The molecule has 4 saturated carbocycles. The highest BCUT2D eigenvalue weighted by Gasteiger charge is 2.70. The van der Waals surface area contributed by atoms with Crippen molar-refractivity contribution in [1.29, 1.82) is 0 Å². The molecule has 5 aliphatic rings. The van der Waals surface area contributed by atoms with Crippen molar-refractivity contribution in [2.75, 3.05) is 0 Å². The van der Waals surface area contributed by atoms with Gasteiger partial charge in [-0.3, -0.25) is 0 Å². The Bertz CT molecular complexity index is 845. The second-order valence-corrected chi connectivity index (χ2v) is 14.9.